The average Bonchev–Trinajstić information content (AvgIpc) is 3.04. The van der Waals surface area contributed by atoms with E-state index in [1.807, 2.05) is 6.07 Å². The molecule has 1 amide bonds. The third-order valence-corrected chi connectivity index (χ3v) is 5.24. The Morgan fingerprint density at radius 2 is 1.93 bits per heavy atom. The molecule has 0 atom stereocenters. The predicted molar refractivity (Wildman–Crippen MR) is 105 cm³/mol. The van der Waals surface area contributed by atoms with Crippen molar-refractivity contribution >= 4 is 27.5 Å². The lowest BCUT2D eigenvalue weighted by Gasteiger charge is -2.08. The van der Waals surface area contributed by atoms with Crippen LogP contribution in [0.3, 0.4) is 0 Å². The number of aromatic nitrogens is 1. The highest BCUT2D eigenvalue weighted by atomic mass is 32.1. The lowest BCUT2D eigenvalue weighted by molar-refractivity contribution is -0.117. The van der Waals surface area contributed by atoms with E-state index in [1.165, 1.54) is 24.5 Å². The molecular formula is C20H21FN2O4S. The summed E-state index contributed by atoms with van der Waals surface area (Å²) in [4.78, 5) is 17.2. The number of carbonyl (C=O) groups is 1. The fourth-order valence-corrected chi connectivity index (χ4v) is 3.96. The summed E-state index contributed by atoms with van der Waals surface area (Å²) in [7, 11) is 4.67. The maximum Gasteiger partial charge on any atom is 0.252 e. The monoisotopic (exact) mass is 404 g/mol. The second kappa shape index (κ2) is 8.99. The first-order valence-electron chi connectivity index (χ1n) is 8.62. The second-order valence-corrected chi connectivity index (χ2v) is 7.00. The summed E-state index contributed by atoms with van der Waals surface area (Å²) in [6.07, 6.45) is 0.0986. The van der Waals surface area contributed by atoms with Gasteiger partial charge in [-0.15, -0.1) is 0 Å². The van der Waals surface area contributed by atoms with Crippen molar-refractivity contribution < 1.29 is 23.4 Å². The van der Waals surface area contributed by atoms with Gasteiger partial charge in [0.1, 0.15) is 5.82 Å². The van der Waals surface area contributed by atoms with E-state index < -0.39 is 0 Å². The molecule has 0 saturated carbocycles. The van der Waals surface area contributed by atoms with Crippen LogP contribution in [0, 0.1) is 5.82 Å². The molecule has 8 heteroatoms. The van der Waals surface area contributed by atoms with E-state index in [0.29, 0.717) is 35.0 Å². The van der Waals surface area contributed by atoms with E-state index >= 15 is 0 Å². The molecule has 0 aliphatic rings. The first-order valence-corrected chi connectivity index (χ1v) is 9.44. The number of fused-ring (bicyclic) bond motifs is 1. The summed E-state index contributed by atoms with van der Waals surface area (Å²) < 4.78 is 32.3. The van der Waals surface area contributed by atoms with Crippen LogP contribution in [0.1, 0.15) is 5.56 Å². The van der Waals surface area contributed by atoms with Gasteiger partial charge in [-0.2, -0.15) is 4.99 Å². The molecule has 0 aliphatic carbocycles. The van der Waals surface area contributed by atoms with Crippen molar-refractivity contribution in [3.8, 4) is 11.5 Å². The number of thiazole rings is 1. The van der Waals surface area contributed by atoms with Crippen LogP contribution >= 0.6 is 11.3 Å². The van der Waals surface area contributed by atoms with Gasteiger partial charge in [0, 0.05) is 13.7 Å². The van der Waals surface area contributed by atoms with Crippen LogP contribution in [-0.2, 0) is 22.5 Å². The highest BCUT2D eigenvalue weighted by Crippen LogP contribution is 2.27. The summed E-state index contributed by atoms with van der Waals surface area (Å²) in [5.41, 5.74) is 1.18. The highest BCUT2D eigenvalue weighted by Gasteiger charge is 2.13. The van der Waals surface area contributed by atoms with Crippen LogP contribution in [-0.4, -0.2) is 38.4 Å². The topological polar surface area (TPSA) is 62.1 Å². The third kappa shape index (κ3) is 4.23. The van der Waals surface area contributed by atoms with Crippen LogP contribution in [0.5, 0.6) is 11.5 Å². The second-order valence-electron chi connectivity index (χ2n) is 5.99. The zero-order chi connectivity index (χ0) is 20.1. The van der Waals surface area contributed by atoms with Crippen molar-refractivity contribution in [2.24, 2.45) is 4.99 Å². The number of nitrogens with zero attached hydrogens (tertiary/aromatic N) is 2. The molecule has 1 heterocycles. The Hall–Kier alpha value is -2.71. The predicted octanol–water partition coefficient (Wildman–Crippen LogP) is 3.18. The van der Waals surface area contributed by atoms with Crippen molar-refractivity contribution in [2.75, 3.05) is 27.9 Å². The van der Waals surface area contributed by atoms with Crippen molar-refractivity contribution in [3.05, 3.63) is 52.6 Å². The van der Waals surface area contributed by atoms with Gasteiger partial charge in [0.05, 0.1) is 37.5 Å². The number of rotatable bonds is 7. The number of benzene rings is 2. The molecule has 6 nitrogen and oxygen atoms in total. The third-order valence-electron chi connectivity index (χ3n) is 4.19. The maximum absolute atomic E-state index is 14.3. The average molecular weight is 404 g/mol. The molecule has 0 saturated heterocycles. The fraction of sp³-hybridized carbons (Fsp3) is 0.300. The van der Waals surface area contributed by atoms with E-state index in [-0.39, 0.29) is 18.1 Å². The lowest BCUT2D eigenvalue weighted by Crippen LogP contribution is -2.20. The Kier molecular flexibility index (Phi) is 6.43. The minimum Gasteiger partial charge on any atom is -0.493 e. The Morgan fingerprint density at radius 3 is 2.64 bits per heavy atom. The normalized spacial score (nSPS) is 11.8. The summed E-state index contributed by atoms with van der Waals surface area (Å²) in [5, 5.41) is 0. The SMILES string of the molecule is COCCn1c(=NC(=O)Cc2ccc(OC)c(OC)c2)sc2cccc(F)c21. The smallest absolute Gasteiger partial charge is 0.252 e. The molecule has 3 rings (SSSR count). The molecule has 0 fully saturated rings. The quantitative estimate of drug-likeness (QED) is 0.607. The van der Waals surface area contributed by atoms with Gasteiger partial charge in [-0.3, -0.25) is 4.79 Å². The number of hydrogen-bond acceptors (Lipinski definition) is 5. The van der Waals surface area contributed by atoms with E-state index in [9.17, 15) is 9.18 Å². The highest BCUT2D eigenvalue weighted by molar-refractivity contribution is 7.16. The van der Waals surface area contributed by atoms with Gasteiger partial charge < -0.3 is 18.8 Å². The Labute approximate surface area is 165 Å². The minimum atomic E-state index is -0.348. The van der Waals surface area contributed by atoms with Crippen LogP contribution < -0.4 is 14.3 Å². The van der Waals surface area contributed by atoms with Gasteiger partial charge >= 0.3 is 0 Å². The van der Waals surface area contributed by atoms with Gasteiger partial charge in [0.25, 0.3) is 5.91 Å². The van der Waals surface area contributed by atoms with Crippen molar-refractivity contribution in [1.82, 2.24) is 4.57 Å². The number of methoxy groups -OCH3 is 3. The Balaban J connectivity index is 1.95. The van der Waals surface area contributed by atoms with Crippen molar-refractivity contribution in [1.29, 1.82) is 0 Å². The number of halogens is 1. The first kappa shape index (κ1) is 20.0. The largest absolute Gasteiger partial charge is 0.493 e. The molecule has 0 N–H and O–H groups in total. The van der Waals surface area contributed by atoms with E-state index in [1.54, 1.807) is 43.1 Å². The molecule has 1 aromatic heterocycles. The molecule has 0 unspecified atom stereocenters. The molecule has 148 valence electrons. The minimum absolute atomic E-state index is 0.0986. The van der Waals surface area contributed by atoms with Crippen LogP contribution in [0.4, 0.5) is 4.39 Å². The van der Waals surface area contributed by atoms with Gasteiger partial charge in [-0.25, -0.2) is 4.39 Å². The molecule has 28 heavy (non-hydrogen) atoms. The molecule has 0 aliphatic heterocycles. The van der Waals surface area contributed by atoms with Crippen LogP contribution in [0.15, 0.2) is 41.4 Å². The Bertz CT molecular complexity index is 1060. The summed E-state index contributed by atoms with van der Waals surface area (Å²) in [5.74, 6) is 0.462. The fourth-order valence-electron chi connectivity index (χ4n) is 2.87. The summed E-state index contributed by atoms with van der Waals surface area (Å²) in [6.45, 7) is 0.789. The molecule has 3 aromatic rings. The molecule has 0 radical (unpaired) electrons. The van der Waals surface area contributed by atoms with E-state index in [4.69, 9.17) is 14.2 Å². The lowest BCUT2D eigenvalue weighted by atomic mass is 10.1. The van der Waals surface area contributed by atoms with Gasteiger partial charge in [-0.05, 0) is 29.8 Å². The number of ether oxygens (including phenoxy) is 3. The standard InChI is InChI=1S/C20H21FN2O4S/c1-25-10-9-23-19-14(21)5-4-6-17(19)28-20(23)22-18(24)12-13-7-8-15(26-2)16(11-13)27-3/h4-8,11H,9-10,12H2,1-3H3. The molecule has 0 spiro atoms. The summed E-state index contributed by atoms with van der Waals surface area (Å²) in [6, 6.07) is 10.1. The van der Waals surface area contributed by atoms with E-state index in [0.717, 1.165) is 10.3 Å². The van der Waals surface area contributed by atoms with Crippen molar-refractivity contribution in [3.63, 3.8) is 0 Å². The molecule has 0 bridgehead atoms. The molecular weight excluding hydrogens is 383 g/mol. The number of para-hydroxylation sites is 1. The van der Waals surface area contributed by atoms with Gasteiger partial charge in [0.2, 0.25) is 0 Å². The molecule has 2 aromatic carbocycles. The summed E-state index contributed by atoms with van der Waals surface area (Å²) >= 11 is 1.28. The van der Waals surface area contributed by atoms with Crippen LogP contribution in [0.2, 0.25) is 0 Å². The zero-order valence-electron chi connectivity index (χ0n) is 15.9. The number of hydrogen-bond donors (Lipinski definition) is 0. The van der Waals surface area contributed by atoms with Gasteiger partial charge in [-0.1, -0.05) is 23.5 Å². The Morgan fingerprint density at radius 1 is 1.14 bits per heavy atom. The maximum atomic E-state index is 14.3. The number of carbonyl (C=O) groups excluding carboxylic acids is 1. The van der Waals surface area contributed by atoms with Crippen molar-refractivity contribution in [2.45, 2.75) is 13.0 Å². The first-order chi connectivity index (χ1) is 13.6. The number of amides is 1. The van der Waals surface area contributed by atoms with E-state index in [2.05, 4.69) is 4.99 Å². The zero-order valence-corrected chi connectivity index (χ0v) is 16.7. The van der Waals surface area contributed by atoms with Crippen LogP contribution in [0.25, 0.3) is 10.2 Å². The van der Waals surface area contributed by atoms with Gasteiger partial charge in [0.15, 0.2) is 16.3 Å².